The molecule has 5 heteroatoms. The van der Waals surface area contributed by atoms with Crippen molar-refractivity contribution in [2.24, 2.45) is 5.73 Å². The van der Waals surface area contributed by atoms with Crippen LogP contribution in [0.25, 0.3) is 0 Å². The smallest absolute Gasteiger partial charge is 0.231 e. The number of halogens is 1. The fraction of sp³-hybridized carbons (Fsp3) is 0.429. The second-order valence-electron chi connectivity index (χ2n) is 4.37. The minimum absolute atomic E-state index is 0.0184. The highest BCUT2D eigenvalue weighted by atomic mass is 19.1. The Kier molecular flexibility index (Phi) is 6.15. The van der Waals surface area contributed by atoms with Crippen molar-refractivity contribution in [2.75, 3.05) is 19.6 Å². The quantitative estimate of drug-likeness (QED) is 0.727. The number of likely N-dealkylation sites (N-methyl/N-ethyl adjacent to an activating group) is 1. The monoisotopic (exact) mass is 266 g/mol. The zero-order valence-corrected chi connectivity index (χ0v) is 11.1. The average Bonchev–Trinajstić information content (AvgIpc) is 2.37. The lowest BCUT2D eigenvalue weighted by atomic mass is 10.1. The molecule has 0 atom stereocenters. The molecule has 1 aromatic rings. The van der Waals surface area contributed by atoms with Crippen LogP contribution < -0.4 is 5.73 Å². The van der Waals surface area contributed by atoms with Gasteiger partial charge in [-0.05, 0) is 43.8 Å². The molecule has 2 N–H and O–H groups in total. The predicted octanol–water partition coefficient (Wildman–Crippen LogP) is 1.60. The number of nitrogens with two attached hydrogens (primary N) is 1. The van der Waals surface area contributed by atoms with Crippen LogP contribution in [0.4, 0.5) is 4.39 Å². The number of primary amides is 1. The zero-order chi connectivity index (χ0) is 14.3. The highest BCUT2D eigenvalue weighted by molar-refractivity contribution is 5.95. The van der Waals surface area contributed by atoms with Gasteiger partial charge in [0.25, 0.3) is 0 Å². The Morgan fingerprint density at radius 2 is 1.89 bits per heavy atom. The van der Waals surface area contributed by atoms with Crippen molar-refractivity contribution >= 4 is 11.7 Å². The molecule has 0 bridgehead atoms. The van der Waals surface area contributed by atoms with Gasteiger partial charge in [-0.1, -0.05) is 6.92 Å². The molecule has 1 amide bonds. The molecule has 19 heavy (non-hydrogen) atoms. The Labute approximate surface area is 112 Å². The maximum Gasteiger partial charge on any atom is 0.231 e. The average molecular weight is 266 g/mol. The van der Waals surface area contributed by atoms with Crippen LogP contribution in [-0.4, -0.2) is 36.2 Å². The number of hydrogen-bond donors (Lipinski definition) is 1. The van der Waals surface area contributed by atoms with E-state index in [2.05, 4.69) is 0 Å². The molecule has 0 saturated heterocycles. The molecule has 0 heterocycles. The first-order valence-corrected chi connectivity index (χ1v) is 6.32. The summed E-state index contributed by atoms with van der Waals surface area (Å²) >= 11 is 0. The van der Waals surface area contributed by atoms with Crippen LogP contribution in [0.1, 0.15) is 30.1 Å². The Hall–Kier alpha value is -1.75. The SMILES string of the molecule is CCN(CCCC(=O)c1ccc(F)cc1)CC(N)=O. The summed E-state index contributed by atoms with van der Waals surface area (Å²) in [6.07, 6.45) is 1.03. The Bertz CT molecular complexity index is 432. The lowest BCUT2D eigenvalue weighted by molar-refractivity contribution is -0.119. The fourth-order valence-electron chi connectivity index (χ4n) is 1.81. The molecular weight excluding hydrogens is 247 g/mol. The van der Waals surface area contributed by atoms with Gasteiger partial charge in [0.1, 0.15) is 5.82 Å². The van der Waals surface area contributed by atoms with Gasteiger partial charge in [-0.25, -0.2) is 4.39 Å². The minimum Gasteiger partial charge on any atom is -0.369 e. The Morgan fingerprint density at radius 3 is 2.42 bits per heavy atom. The van der Waals surface area contributed by atoms with E-state index in [9.17, 15) is 14.0 Å². The molecule has 1 aromatic carbocycles. The highest BCUT2D eigenvalue weighted by Crippen LogP contribution is 2.07. The first-order chi connectivity index (χ1) is 9.02. The number of rotatable bonds is 8. The number of Topliss-reactive ketones (excluding diaryl/α,β-unsaturated/α-hetero) is 1. The number of benzene rings is 1. The van der Waals surface area contributed by atoms with Gasteiger partial charge in [0.05, 0.1) is 6.54 Å². The van der Waals surface area contributed by atoms with Crippen molar-refractivity contribution in [1.82, 2.24) is 4.90 Å². The molecule has 0 saturated carbocycles. The topological polar surface area (TPSA) is 63.4 Å². The number of amides is 1. The van der Waals surface area contributed by atoms with Crippen LogP contribution in [0.2, 0.25) is 0 Å². The molecule has 1 rings (SSSR count). The number of hydrogen-bond acceptors (Lipinski definition) is 3. The summed E-state index contributed by atoms with van der Waals surface area (Å²) < 4.78 is 12.7. The summed E-state index contributed by atoms with van der Waals surface area (Å²) in [6.45, 7) is 3.51. The van der Waals surface area contributed by atoms with Crippen LogP contribution in [-0.2, 0) is 4.79 Å². The maximum absolute atomic E-state index is 12.7. The first kappa shape index (κ1) is 15.3. The van der Waals surface area contributed by atoms with Crippen LogP contribution in [0, 0.1) is 5.82 Å². The summed E-state index contributed by atoms with van der Waals surface area (Å²) in [7, 11) is 0. The van der Waals surface area contributed by atoms with Crippen molar-refractivity contribution in [2.45, 2.75) is 19.8 Å². The lowest BCUT2D eigenvalue weighted by Crippen LogP contribution is -2.34. The van der Waals surface area contributed by atoms with E-state index < -0.39 is 0 Å². The fourth-order valence-corrected chi connectivity index (χ4v) is 1.81. The summed E-state index contributed by atoms with van der Waals surface area (Å²) in [6, 6.07) is 5.52. The second-order valence-corrected chi connectivity index (χ2v) is 4.37. The highest BCUT2D eigenvalue weighted by Gasteiger charge is 2.09. The van der Waals surface area contributed by atoms with E-state index in [1.807, 2.05) is 11.8 Å². The summed E-state index contributed by atoms with van der Waals surface area (Å²) in [4.78, 5) is 24.5. The molecule has 0 aliphatic heterocycles. The molecule has 0 aliphatic carbocycles. The van der Waals surface area contributed by atoms with Gasteiger partial charge in [-0.2, -0.15) is 0 Å². The largest absolute Gasteiger partial charge is 0.369 e. The molecular formula is C14H19FN2O2. The van der Waals surface area contributed by atoms with Gasteiger partial charge in [0.2, 0.25) is 5.91 Å². The number of ketones is 1. The minimum atomic E-state index is -0.369. The molecule has 104 valence electrons. The molecule has 0 spiro atoms. The van der Waals surface area contributed by atoms with E-state index in [0.29, 0.717) is 31.5 Å². The van der Waals surface area contributed by atoms with E-state index in [1.165, 1.54) is 24.3 Å². The van der Waals surface area contributed by atoms with Crippen molar-refractivity contribution in [3.8, 4) is 0 Å². The van der Waals surface area contributed by atoms with Crippen molar-refractivity contribution in [3.05, 3.63) is 35.6 Å². The van der Waals surface area contributed by atoms with E-state index in [1.54, 1.807) is 0 Å². The summed E-state index contributed by atoms with van der Waals surface area (Å²) in [5.74, 6) is -0.739. The number of carbonyl (C=O) groups is 2. The Balaban J connectivity index is 2.37. The van der Waals surface area contributed by atoms with Gasteiger partial charge < -0.3 is 5.73 Å². The number of carbonyl (C=O) groups excluding carboxylic acids is 2. The van der Waals surface area contributed by atoms with Gasteiger partial charge >= 0.3 is 0 Å². The molecule has 4 nitrogen and oxygen atoms in total. The first-order valence-electron chi connectivity index (χ1n) is 6.32. The van der Waals surface area contributed by atoms with Crippen LogP contribution in [0.3, 0.4) is 0 Å². The lowest BCUT2D eigenvalue weighted by Gasteiger charge is -2.17. The van der Waals surface area contributed by atoms with Crippen LogP contribution in [0.5, 0.6) is 0 Å². The maximum atomic E-state index is 12.7. The van der Waals surface area contributed by atoms with E-state index in [0.717, 1.165) is 0 Å². The summed E-state index contributed by atoms with van der Waals surface area (Å²) in [5, 5.41) is 0. The summed E-state index contributed by atoms with van der Waals surface area (Å²) in [5.41, 5.74) is 5.64. The van der Waals surface area contributed by atoms with Crippen molar-refractivity contribution in [3.63, 3.8) is 0 Å². The number of nitrogens with zero attached hydrogens (tertiary/aromatic N) is 1. The molecule has 0 aliphatic rings. The third kappa shape index (κ3) is 5.61. The van der Waals surface area contributed by atoms with Gasteiger partial charge in [-0.3, -0.25) is 14.5 Å². The molecule has 0 radical (unpaired) electrons. The van der Waals surface area contributed by atoms with E-state index in [-0.39, 0.29) is 24.1 Å². The Morgan fingerprint density at radius 1 is 1.26 bits per heavy atom. The van der Waals surface area contributed by atoms with Crippen molar-refractivity contribution in [1.29, 1.82) is 0 Å². The second kappa shape index (κ2) is 7.63. The third-order valence-electron chi connectivity index (χ3n) is 2.87. The molecule has 0 aromatic heterocycles. The molecule has 0 fully saturated rings. The van der Waals surface area contributed by atoms with Crippen LogP contribution in [0.15, 0.2) is 24.3 Å². The third-order valence-corrected chi connectivity index (χ3v) is 2.87. The van der Waals surface area contributed by atoms with Crippen molar-refractivity contribution < 1.29 is 14.0 Å². The predicted molar refractivity (Wildman–Crippen MR) is 71.3 cm³/mol. The van der Waals surface area contributed by atoms with Gasteiger partial charge in [0, 0.05) is 12.0 Å². The van der Waals surface area contributed by atoms with E-state index in [4.69, 9.17) is 5.73 Å². The molecule has 0 unspecified atom stereocenters. The normalized spacial score (nSPS) is 10.7. The standard InChI is InChI=1S/C14H19FN2O2/c1-2-17(10-14(16)19)9-3-4-13(18)11-5-7-12(15)8-6-11/h5-8H,2-4,9-10H2,1H3,(H2,16,19). The van der Waals surface area contributed by atoms with Gasteiger partial charge in [0.15, 0.2) is 5.78 Å². The van der Waals surface area contributed by atoms with Gasteiger partial charge in [-0.15, -0.1) is 0 Å². The zero-order valence-electron chi connectivity index (χ0n) is 11.1. The van der Waals surface area contributed by atoms with E-state index >= 15 is 0 Å². The van der Waals surface area contributed by atoms with Crippen LogP contribution >= 0.6 is 0 Å².